The molecule has 3 atom stereocenters. The maximum Gasteiger partial charge on any atom is 0.228 e. The molecule has 2 fully saturated rings. The third-order valence-electron chi connectivity index (χ3n) is 4.20. The largest absolute Gasteiger partial charge is 0.381 e. The number of rotatable bonds is 3. The van der Waals surface area contributed by atoms with E-state index in [2.05, 4.69) is 4.98 Å². The molecule has 0 saturated carbocycles. The van der Waals surface area contributed by atoms with Gasteiger partial charge in [0.05, 0.1) is 18.6 Å². The summed E-state index contributed by atoms with van der Waals surface area (Å²) >= 11 is 0. The molecule has 0 N–H and O–H groups in total. The molecule has 0 radical (unpaired) electrons. The molecule has 0 unspecified atom stereocenters. The summed E-state index contributed by atoms with van der Waals surface area (Å²) in [6, 6.07) is 4.00. The van der Waals surface area contributed by atoms with Gasteiger partial charge in [-0.1, -0.05) is 6.07 Å². The summed E-state index contributed by atoms with van der Waals surface area (Å²) in [5.41, 5.74) is 1.04. The molecule has 0 aromatic carbocycles. The molecule has 2 saturated heterocycles. The van der Waals surface area contributed by atoms with Crippen LogP contribution in [0.5, 0.6) is 0 Å². The molecule has 5 heteroatoms. The Labute approximate surface area is 118 Å². The van der Waals surface area contributed by atoms with Gasteiger partial charge in [-0.15, -0.1) is 0 Å². The SMILES string of the molecule is CN(C(=O)[C@@H]1CCOC1)[C@H]1CCO[C@@H]1c1cccnc1. The minimum Gasteiger partial charge on any atom is -0.381 e. The molecule has 1 amide bonds. The number of ether oxygens (including phenoxy) is 2. The Kier molecular flexibility index (Phi) is 3.98. The van der Waals surface area contributed by atoms with Gasteiger partial charge in [-0.2, -0.15) is 0 Å². The number of likely N-dealkylation sites (N-methyl/N-ethyl adjacent to an activating group) is 1. The van der Waals surface area contributed by atoms with Gasteiger partial charge in [0.25, 0.3) is 0 Å². The van der Waals surface area contributed by atoms with Crippen LogP contribution in [0, 0.1) is 5.92 Å². The van der Waals surface area contributed by atoms with Gasteiger partial charge in [0.2, 0.25) is 5.91 Å². The minimum atomic E-state index is -0.0695. The van der Waals surface area contributed by atoms with Crippen molar-refractivity contribution in [1.82, 2.24) is 9.88 Å². The first-order chi connectivity index (χ1) is 9.77. The van der Waals surface area contributed by atoms with Crippen LogP contribution in [0.3, 0.4) is 0 Å². The van der Waals surface area contributed by atoms with Crippen molar-refractivity contribution in [1.29, 1.82) is 0 Å². The minimum absolute atomic E-state index is 0.00940. The molecule has 2 aliphatic heterocycles. The molecule has 2 aliphatic rings. The number of hydrogen-bond acceptors (Lipinski definition) is 4. The molecule has 3 rings (SSSR count). The second kappa shape index (κ2) is 5.89. The zero-order valence-electron chi connectivity index (χ0n) is 11.7. The third-order valence-corrected chi connectivity index (χ3v) is 4.20. The maximum atomic E-state index is 12.5. The monoisotopic (exact) mass is 276 g/mol. The Bertz CT molecular complexity index is 459. The first-order valence-electron chi connectivity index (χ1n) is 7.13. The number of hydrogen-bond donors (Lipinski definition) is 0. The smallest absolute Gasteiger partial charge is 0.228 e. The van der Waals surface area contributed by atoms with Crippen molar-refractivity contribution in [3.05, 3.63) is 30.1 Å². The summed E-state index contributed by atoms with van der Waals surface area (Å²) in [5, 5.41) is 0. The summed E-state index contributed by atoms with van der Waals surface area (Å²) in [4.78, 5) is 18.5. The lowest BCUT2D eigenvalue weighted by atomic mass is 10.00. The Hall–Kier alpha value is -1.46. The highest BCUT2D eigenvalue weighted by Gasteiger charge is 2.37. The average molecular weight is 276 g/mol. The van der Waals surface area contributed by atoms with Gasteiger partial charge in [-0.05, 0) is 18.9 Å². The Morgan fingerprint density at radius 3 is 3.00 bits per heavy atom. The standard InChI is InChI=1S/C15H20N2O3/c1-17(15(18)12-4-7-19-10-12)13-5-8-20-14(13)11-3-2-6-16-9-11/h2-3,6,9,12-14H,4-5,7-8,10H2,1H3/t12-,13+,14-/m1/s1. The van der Waals surface area contributed by atoms with Crippen LogP contribution < -0.4 is 0 Å². The van der Waals surface area contributed by atoms with Gasteiger partial charge < -0.3 is 14.4 Å². The number of aromatic nitrogens is 1. The molecule has 1 aromatic rings. The van der Waals surface area contributed by atoms with Crippen LogP contribution in [0.1, 0.15) is 24.5 Å². The molecule has 1 aromatic heterocycles. The highest BCUT2D eigenvalue weighted by Crippen LogP contribution is 2.33. The second-order valence-electron chi connectivity index (χ2n) is 5.44. The van der Waals surface area contributed by atoms with E-state index < -0.39 is 0 Å². The van der Waals surface area contributed by atoms with Gasteiger partial charge in [0, 0.05) is 38.2 Å². The van der Waals surface area contributed by atoms with Gasteiger partial charge >= 0.3 is 0 Å². The summed E-state index contributed by atoms with van der Waals surface area (Å²) < 4.78 is 11.1. The lowest BCUT2D eigenvalue weighted by molar-refractivity contribution is -0.137. The lowest BCUT2D eigenvalue weighted by Gasteiger charge is -2.30. The number of nitrogens with zero attached hydrogens (tertiary/aromatic N) is 2. The van der Waals surface area contributed by atoms with Crippen molar-refractivity contribution in [2.45, 2.75) is 25.0 Å². The van der Waals surface area contributed by atoms with Gasteiger partial charge in [0.1, 0.15) is 6.10 Å². The van der Waals surface area contributed by atoms with Crippen molar-refractivity contribution in [3.63, 3.8) is 0 Å². The Balaban J connectivity index is 1.73. The van der Waals surface area contributed by atoms with E-state index in [1.165, 1.54) is 0 Å². The van der Waals surface area contributed by atoms with E-state index in [0.29, 0.717) is 19.8 Å². The Morgan fingerprint density at radius 2 is 2.30 bits per heavy atom. The Morgan fingerprint density at radius 1 is 1.40 bits per heavy atom. The quantitative estimate of drug-likeness (QED) is 0.837. The van der Waals surface area contributed by atoms with Gasteiger partial charge in [0.15, 0.2) is 0 Å². The van der Waals surface area contributed by atoms with Crippen molar-refractivity contribution >= 4 is 5.91 Å². The fourth-order valence-electron chi connectivity index (χ4n) is 3.02. The fraction of sp³-hybridized carbons (Fsp3) is 0.600. The van der Waals surface area contributed by atoms with Crippen molar-refractivity contribution in [2.75, 3.05) is 26.9 Å². The molecule has 0 spiro atoms. The van der Waals surface area contributed by atoms with Crippen LogP contribution in [0.25, 0.3) is 0 Å². The molecule has 5 nitrogen and oxygen atoms in total. The molecule has 3 heterocycles. The van der Waals surface area contributed by atoms with E-state index in [1.54, 1.807) is 6.20 Å². The summed E-state index contributed by atoms with van der Waals surface area (Å²) in [6.07, 6.45) is 5.20. The molecule has 108 valence electrons. The van der Waals surface area contributed by atoms with E-state index in [9.17, 15) is 4.79 Å². The zero-order chi connectivity index (χ0) is 13.9. The molecular formula is C15H20N2O3. The number of amides is 1. The molecule has 0 aliphatic carbocycles. The first-order valence-corrected chi connectivity index (χ1v) is 7.13. The fourth-order valence-corrected chi connectivity index (χ4v) is 3.02. The van der Waals surface area contributed by atoms with Crippen molar-refractivity contribution < 1.29 is 14.3 Å². The first kappa shape index (κ1) is 13.5. The van der Waals surface area contributed by atoms with Crippen LogP contribution in [0.2, 0.25) is 0 Å². The number of pyridine rings is 1. The van der Waals surface area contributed by atoms with Crippen LogP contribution in [0.15, 0.2) is 24.5 Å². The van der Waals surface area contributed by atoms with E-state index in [4.69, 9.17) is 9.47 Å². The van der Waals surface area contributed by atoms with Crippen molar-refractivity contribution in [2.24, 2.45) is 5.92 Å². The highest BCUT2D eigenvalue weighted by atomic mass is 16.5. The van der Waals surface area contributed by atoms with Crippen molar-refractivity contribution in [3.8, 4) is 0 Å². The number of carbonyl (C=O) groups is 1. The summed E-state index contributed by atoms with van der Waals surface area (Å²) in [6.45, 7) is 1.93. The molecule has 0 bridgehead atoms. The van der Waals surface area contributed by atoms with Crippen LogP contribution in [-0.2, 0) is 14.3 Å². The molecule has 20 heavy (non-hydrogen) atoms. The topological polar surface area (TPSA) is 51.7 Å². The van der Waals surface area contributed by atoms with E-state index in [1.807, 2.05) is 30.3 Å². The summed E-state index contributed by atoms with van der Waals surface area (Å²) in [7, 11) is 1.88. The van der Waals surface area contributed by atoms with Gasteiger partial charge in [-0.25, -0.2) is 0 Å². The average Bonchev–Trinajstić information content (AvgIpc) is 3.17. The molecular weight excluding hydrogens is 256 g/mol. The maximum absolute atomic E-state index is 12.5. The third kappa shape index (κ3) is 2.55. The number of carbonyl (C=O) groups excluding carboxylic acids is 1. The zero-order valence-corrected chi connectivity index (χ0v) is 11.7. The summed E-state index contributed by atoms with van der Waals surface area (Å²) in [5.74, 6) is 0.182. The van der Waals surface area contributed by atoms with Crippen LogP contribution in [0.4, 0.5) is 0 Å². The normalized spacial score (nSPS) is 29.6. The van der Waals surface area contributed by atoms with Crippen LogP contribution in [-0.4, -0.2) is 48.7 Å². The van der Waals surface area contributed by atoms with Gasteiger partial charge in [-0.3, -0.25) is 9.78 Å². The predicted octanol–water partition coefficient (Wildman–Crippen LogP) is 1.41. The highest BCUT2D eigenvalue weighted by molar-refractivity contribution is 5.79. The predicted molar refractivity (Wildman–Crippen MR) is 73.0 cm³/mol. The van der Waals surface area contributed by atoms with E-state index >= 15 is 0 Å². The van der Waals surface area contributed by atoms with Crippen LogP contribution >= 0.6 is 0 Å². The van der Waals surface area contributed by atoms with E-state index in [-0.39, 0.29) is 24.0 Å². The lowest BCUT2D eigenvalue weighted by Crippen LogP contribution is -2.42. The van der Waals surface area contributed by atoms with E-state index in [0.717, 1.165) is 18.4 Å². The second-order valence-corrected chi connectivity index (χ2v) is 5.44.